The van der Waals surface area contributed by atoms with Crippen molar-refractivity contribution in [3.05, 3.63) is 35.9 Å². The Labute approximate surface area is 85.9 Å². The summed E-state index contributed by atoms with van der Waals surface area (Å²) in [6.45, 7) is 0. The van der Waals surface area contributed by atoms with Crippen molar-refractivity contribution < 1.29 is 4.79 Å². The van der Waals surface area contributed by atoms with Crippen LogP contribution in [0.2, 0.25) is 0 Å². The van der Waals surface area contributed by atoms with Gasteiger partial charge in [-0.25, -0.2) is 0 Å². The molecule has 0 aliphatic heterocycles. The number of tetrazole rings is 1. The number of ketones is 1. The van der Waals surface area contributed by atoms with Crippen LogP contribution in [-0.4, -0.2) is 31.0 Å². The van der Waals surface area contributed by atoms with E-state index in [0.29, 0.717) is 0 Å². The first-order valence-corrected chi connectivity index (χ1v) is 4.42. The quantitative estimate of drug-likeness (QED) is 0.658. The van der Waals surface area contributed by atoms with Crippen LogP contribution in [0.1, 0.15) is 16.2 Å². The van der Waals surface area contributed by atoms with Gasteiger partial charge in [0.05, 0.1) is 7.05 Å². The van der Waals surface area contributed by atoms with Gasteiger partial charge in [-0.15, -0.1) is 10.2 Å². The van der Waals surface area contributed by atoms with Crippen molar-refractivity contribution in [2.24, 2.45) is 7.05 Å². The summed E-state index contributed by atoms with van der Waals surface area (Å²) in [6, 6.07) is 3.62. The van der Waals surface area contributed by atoms with Crippen molar-refractivity contribution in [3.8, 4) is 0 Å². The van der Waals surface area contributed by atoms with Gasteiger partial charge < -0.3 is 0 Å². The molecule has 0 atom stereocenters. The van der Waals surface area contributed by atoms with Crippen molar-refractivity contribution in [2.75, 3.05) is 0 Å². The fourth-order valence-electron chi connectivity index (χ4n) is 1.16. The van der Waals surface area contributed by atoms with Crippen LogP contribution in [0.3, 0.4) is 0 Å². The molecule has 0 aromatic carbocycles. The van der Waals surface area contributed by atoms with Crippen LogP contribution in [0.5, 0.6) is 0 Å². The lowest BCUT2D eigenvalue weighted by atomic mass is 10.1. The van der Waals surface area contributed by atoms with Gasteiger partial charge in [-0.05, 0) is 16.8 Å². The van der Waals surface area contributed by atoms with Crippen molar-refractivity contribution in [3.63, 3.8) is 0 Å². The topological polar surface area (TPSA) is 73.6 Å². The average Bonchev–Trinajstić information content (AvgIpc) is 2.66. The Bertz CT molecular complexity index is 464. The van der Waals surface area contributed by atoms with E-state index in [-0.39, 0.29) is 18.0 Å². The Balaban J connectivity index is 2.11. The van der Waals surface area contributed by atoms with E-state index in [2.05, 4.69) is 20.4 Å². The highest BCUT2D eigenvalue weighted by molar-refractivity contribution is 5.93. The molecule has 0 N–H and O–H groups in total. The number of carbonyl (C=O) groups excluding carboxylic acids is 1. The molecule has 2 aromatic heterocycles. The molecular weight excluding hydrogens is 194 g/mol. The zero-order valence-corrected chi connectivity index (χ0v) is 8.16. The standard InChI is InChI=1S/C9H9N5O/c1-14-12-9(11-13-14)8(15)5-7-3-2-4-10-6-7/h2-4,6H,5H2,1H3. The first-order valence-electron chi connectivity index (χ1n) is 4.42. The molecule has 0 aliphatic carbocycles. The second-order valence-corrected chi connectivity index (χ2v) is 3.06. The third-order valence-corrected chi connectivity index (χ3v) is 1.85. The van der Waals surface area contributed by atoms with E-state index in [9.17, 15) is 4.79 Å². The second kappa shape index (κ2) is 3.95. The van der Waals surface area contributed by atoms with Gasteiger partial charge in [-0.2, -0.15) is 4.80 Å². The van der Waals surface area contributed by atoms with Crippen LogP contribution >= 0.6 is 0 Å². The maximum atomic E-state index is 11.6. The first-order chi connectivity index (χ1) is 7.25. The molecule has 0 saturated heterocycles. The summed E-state index contributed by atoms with van der Waals surface area (Å²) in [7, 11) is 1.62. The third-order valence-electron chi connectivity index (χ3n) is 1.85. The smallest absolute Gasteiger partial charge is 0.240 e. The van der Waals surface area contributed by atoms with Crippen molar-refractivity contribution >= 4 is 5.78 Å². The summed E-state index contributed by atoms with van der Waals surface area (Å²) in [4.78, 5) is 16.8. The molecule has 0 radical (unpaired) electrons. The summed E-state index contributed by atoms with van der Waals surface area (Å²) < 4.78 is 0. The van der Waals surface area contributed by atoms with E-state index in [1.54, 1.807) is 25.5 Å². The minimum atomic E-state index is -0.156. The molecule has 0 amide bonds. The van der Waals surface area contributed by atoms with Crippen molar-refractivity contribution in [1.29, 1.82) is 0 Å². The van der Waals surface area contributed by atoms with Crippen LogP contribution in [0.25, 0.3) is 0 Å². The summed E-state index contributed by atoms with van der Waals surface area (Å²) in [5, 5.41) is 11.1. The van der Waals surface area contributed by atoms with E-state index in [1.807, 2.05) is 6.07 Å². The van der Waals surface area contributed by atoms with Gasteiger partial charge in [0.25, 0.3) is 0 Å². The molecule has 76 valence electrons. The third kappa shape index (κ3) is 2.22. The van der Waals surface area contributed by atoms with Crippen molar-refractivity contribution in [2.45, 2.75) is 6.42 Å². The number of aromatic nitrogens is 5. The Kier molecular flexibility index (Phi) is 2.49. The highest BCUT2D eigenvalue weighted by atomic mass is 16.1. The molecule has 2 rings (SSSR count). The molecule has 0 spiro atoms. The van der Waals surface area contributed by atoms with E-state index in [0.717, 1.165) is 5.56 Å². The molecule has 2 heterocycles. The summed E-state index contributed by atoms with van der Waals surface area (Å²) >= 11 is 0. The number of Topliss-reactive ketones (excluding diaryl/α,β-unsaturated/α-hetero) is 1. The summed E-state index contributed by atoms with van der Waals surface area (Å²) in [5.74, 6) is -0.0162. The second-order valence-electron chi connectivity index (χ2n) is 3.06. The maximum absolute atomic E-state index is 11.6. The number of hydrogen-bond donors (Lipinski definition) is 0. The van der Waals surface area contributed by atoms with Crippen LogP contribution in [-0.2, 0) is 13.5 Å². The minimum absolute atomic E-state index is 0.140. The Morgan fingerprint density at radius 1 is 1.53 bits per heavy atom. The lowest BCUT2D eigenvalue weighted by Gasteiger charge is -1.95. The molecule has 0 aliphatic rings. The molecule has 15 heavy (non-hydrogen) atoms. The molecule has 6 heteroatoms. The number of pyridine rings is 1. The Morgan fingerprint density at radius 2 is 2.40 bits per heavy atom. The maximum Gasteiger partial charge on any atom is 0.240 e. The van der Waals surface area contributed by atoms with Gasteiger partial charge in [0.1, 0.15) is 0 Å². The van der Waals surface area contributed by atoms with Crippen LogP contribution in [0.15, 0.2) is 24.5 Å². The zero-order chi connectivity index (χ0) is 10.7. The average molecular weight is 203 g/mol. The molecule has 0 saturated carbocycles. The van der Waals surface area contributed by atoms with Gasteiger partial charge in [0.2, 0.25) is 11.6 Å². The zero-order valence-electron chi connectivity index (χ0n) is 8.16. The SMILES string of the molecule is Cn1nnc(C(=O)Cc2cccnc2)n1. The summed E-state index contributed by atoms with van der Waals surface area (Å²) in [6.07, 6.45) is 3.56. The predicted octanol–water partition coefficient (Wildman–Crippen LogP) is 0.0305. The predicted molar refractivity (Wildman–Crippen MR) is 51.1 cm³/mol. The monoisotopic (exact) mass is 203 g/mol. The number of aryl methyl sites for hydroxylation is 1. The lowest BCUT2D eigenvalue weighted by Crippen LogP contribution is -2.06. The number of rotatable bonds is 3. The molecule has 6 nitrogen and oxygen atoms in total. The van der Waals surface area contributed by atoms with Gasteiger partial charge in [-0.3, -0.25) is 9.78 Å². The van der Waals surface area contributed by atoms with E-state index in [4.69, 9.17) is 0 Å². The largest absolute Gasteiger partial charge is 0.290 e. The molecule has 0 fully saturated rings. The number of nitrogens with zero attached hydrogens (tertiary/aromatic N) is 5. The fourth-order valence-corrected chi connectivity index (χ4v) is 1.16. The van der Waals surface area contributed by atoms with Crippen molar-refractivity contribution in [1.82, 2.24) is 25.2 Å². The van der Waals surface area contributed by atoms with Crippen LogP contribution in [0, 0.1) is 0 Å². The van der Waals surface area contributed by atoms with E-state index >= 15 is 0 Å². The minimum Gasteiger partial charge on any atom is -0.290 e. The van der Waals surface area contributed by atoms with E-state index < -0.39 is 0 Å². The van der Waals surface area contributed by atoms with Gasteiger partial charge >= 0.3 is 0 Å². The van der Waals surface area contributed by atoms with Gasteiger partial charge in [0, 0.05) is 18.8 Å². The van der Waals surface area contributed by atoms with Gasteiger partial charge in [0.15, 0.2) is 0 Å². The fraction of sp³-hybridized carbons (Fsp3) is 0.222. The Morgan fingerprint density at radius 3 is 3.00 bits per heavy atom. The number of hydrogen-bond acceptors (Lipinski definition) is 5. The molecule has 0 unspecified atom stereocenters. The number of carbonyl (C=O) groups is 1. The summed E-state index contributed by atoms with van der Waals surface area (Å²) in [5.41, 5.74) is 0.843. The first kappa shape index (κ1) is 9.45. The normalized spacial score (nSPS) is 10.2. The molecule has 2 aromatic rings. The van der Waals surface area contributed by atoms with Crippen LogP contribution in [0.4, 0.5) is 0 Å². The molecular formula is C9H9N5O. The van der Waals surface area contributed by atoms with E-state index in [1.165, 1.54) is 4.80 Å². The highest BCUT2D eigenvalue weighted by Crippen LogP contribution is 2.01. The Hall–Kier alpha value is -2.11. The lowest BCUT2D eigenvalue weighted by molar-refractivity contribution is 0.0982. The highest BCUT2D eigenvalue weighted by Gasteiger charge is 2.12. The molecule has 0 bridgehead atoms. The van der Waals surface area contributed by atoms with Gasteiger partial charge in [-0.1, -0.05) is 6.07 Å². The van der Waals surface area contributed by atoms with Crippen LogP contribution < -0.4 is 0 Å².